The van der Waals surface area contributed by atoms with Crippen molar-refractivity contribution in [2.45, 2.75) is 38.2 Å². The van der Waals surface area contributed by atoms with Crippen LogP contribution < -0.4 is 9.47 Å². The van der Waals surface area contributed by atoms with E-state index < -0.39 is 14.0 Å². The van der Waals surface area contributed by atoms with E-state index in [1.807, 2.05) is 12.1 Å². The molecule has 0 amide bonds. The van der Waals surface area contributed by atoms with Crippen LogP contribution in [0.4, 0.5) is 0 Å². The molecule has 0 N–H and O–H groups in total. The summed E-state index contributed by atoms with van der Waals surface area (Å²) in [5.41, 5.74) is 1.13. The SMILES string of the molecule is [C-]#[N+]C1(O[Si](C)(C)C)CCc2c1ccc(OC)c2OC. The normalized spacial score (nSPS) is 21.2. The highest BCUT2D eigenvalue weighted by atomic mass is 28.4. The monoisotopic (exact) mass is 291 g/mol. The van der Waals surface area contributed by atoms with Crippen molar-refractivity contribution < 1.29 is 13.9 Å². The molecule has 0 fully saturated rings. The van der Waals surface area contributed by atoms with Gasteiger partial charge in [-0.1, -0.05) is 0 Å². The molecule has 1 unspecified atom stereocenters. The van der Waals surface area contributed by atoms with Crippen molar-refractivity contribution >= 4 is 8.32 Å². The smallest absolute Gasteiger partial charge is 0.355 e. The fourth-order valence-electron chi connectivity index (χ4n) is 2.79. The molecule has 108 valence electrons. The van der Waals surface area contributed by atoms with Crippen LogP contribution in [0.3, 0.4) is 0 Å². The van der Waals surface area contributed by atoms with Gasteiger partial charge in [0.1, 0.15) is 0 Å². The molecule has 1 aliphatic rings. The van der Waals surface area contributed by atoms with E-state index in [2.05, 4.69) is 24.5 Å². The zero-order valence-corrected chi connectivity index (χ0v) is 13.7. The van der Waals surface area contributed by atoms with Gasteiger partial charge in [-0.15, -0.1) is 0 Å². The van der Waals surface area contributed by atoms with Crippen molar-refractivity contribution in [3.05, 3.63) is 34.7 Å². The van der Waals surface area contributed by atoms with Crippen molar-refractivity contribution in [1.29, 1.82) is 0 Å². The summed E-state index contributed by atoms with van der Waals surface area (Å²) >= 11 is 0. The van der Waals surface area contributed by atoms with Crippen molar-refractivity contribution in [1.82, 2.24) is 0 Å². The third-order valence-electron chi connectivity index (χ3n) is 3.44. The largest absolute Gasteiger partial charge is 0.493 e. The summed E-state index contributed by atoms with van der Waals surface area (Å²) in [6.07, 6.45) is 1.46. The minimum absolute atomic E-state index is 0.680. The lowest BCUT2D eigenvalue weighted by molar-refractivity contribution is 0.110. The fourth-order valence-corrected chi connectivity index (χ4v) is 4.06. The summed E-state index contributed by atoms with van der Waals surface area (Å²) in [7, 11) is 1.44. The van der Waals surface area contributed by atoms with Gasteiger partial charge >= 0.3 is 5.72 Å². The Balaban J connectivity index is 2.55. The molecule has 1 aromatic carbocycles. The highest BCUT2D eigenvalue weighted by Gasteiger charge is 2.50. The predicted octanol–water partition coefficient (Wildman–Crippen LogP) is 3.57. The predicted molar refractivity (Wildman–Crippen MR) is 80.6 cm³/mol. The quantitative estimate of drug-likeness (QED) is 0.628. The van der Waals surface area contributed by atoms with Crippen LogP contribution in [0.5, 0.6) is 11.5 Å². The summed E-state index contributed by atoms with van der Waals surface area (Å²) in [5, 5.41) is 0. The maximum atomic E-state index is 7.63. The Kier molecular flexibility index (Phi) is 3.81. The Morgan fingerprint density at radius 1 is 1.20 bits per heavy atom. The number of rotatable bonds is 4. The second kappa shape index (κ2) is 5.11. The maximum absolute atomic E-state index is 7.63. The molecule has 0 saturated carbocycles. The maximum Gasteiger partial charge on any atom is 0.355 e. The topological polar surface area (TPSA) is 32.0 Å². The van der Waals surface area contributed by atoms with Crippen LogP contribution in [-0.2, 0) is 16.6 Å². The number of methoxy groups -OCH3 is 2. The van der Waals surface area contributed by atoms with Crippen LogP contribution in [0.25, 0.3) is 4.85 Å². The molecule has 1 aromatic rings. The molecule has 1 aliphatic carbocycles. The summed E-state index contributed by atoms with van der Waals surface area (Å²) in [6.45, 7) is 14.0. The van der Waals surface area contributed by atoms with Crippen LogP contribution in [-0.4, -0.2) is 22.5 Å². The van der Waals surface area contributed by atoms with E-state index in [9.17, 15) is 0 Å². The number of benzene rings is 1. The Bertz CT molecular complexity index is 559. The minimum Gasteiger partial charge on any atom is -0.493 e. The van der Waals surface area contributed by atoms with Gasteiger partial charge in [0, 0.05) is 5.56 Å². The first kappa shape index (κ1) is 14.9. The second-order valence-electron chi connectivity index (χ2n) is 5.94. The summed E-state index contributed by atoms with van der Waals surface area (Å²) in [4.78, 5) is 3.84. The Morgan fingerprint density at radius 2 is 1.90 bits per heavy atom. The zero-order valence-electron chi connectivity index (χ0n) is 12.7. The first-order chi connectivity index (χ1) is 9.37. The molecule has 0 spiro atoms. The molecule has 20 heavy (non-hydrogen) atoms. The van der Waals surface area contributed by atoms with Gasteiger partial charge in [-0.3, -0.25) is 4.85 Å². The molecule has 0 radical (unpaired) electrons. The Morgan fingerprint density at radius 3 is 2.40 bits per heavy atom. The first-order valence-electron chi connectivity index (χ1n) is 6.70. The molecule has 5 heteroatoms. The Labute approximate surface area is 121 Å². The van der Waals surface area contributed by atoms with E-state index in [-0.39, 0.29) is 0 Å². The molecule has 1 atom stereocenters. The fraction of sp³-hybridized carbons (Fsp3) is 0.533. The van der Waals surface area contributed by atoms with E-state index >= 15 is 0 Å². The third-order valence-corrected chi connectivity index (χ3v) is 4.39. The van der Waals surface area contributed by atoms with Crippen LogP contribution in [0.15, 0.2) is 12.1 Å². The van der Waals surface area contributed by atoms with Crippen molar-refractivity contribution in [3.8, 4) is 11.5 Å². The first-order valence-corrected chi connectivity index (χ1v) is 10.1. The average molecular weight is 291 g/mol. The summed E-state index contributed by atoms with van der Waals surface area (Å²) < 4.78 is 17.0. The van der Waals surface area contributed by atoms with Crippen LogP contribution in [0, 0.1) is 6.57 Å². The van der Waals surface area contributed by atoms with E-state index in [0.29, 0.717) is 12.2 Å². The van der Waals surface area contributed by atoms with Gasteiger partial charge in [-0.2, -0.15) is 0 Å². The number of ether oxygens (including phenoxy) is 2. The van der Waals surface area contributed by atoms with Gasteiger partial charge in [-0.05, 0) is 38.2 Å². The Hall–Kier alpha value is -1.51. The van der Waals surface area contributed by atoms with Crippen molar-refractivity contribution in [2.75, 3.05) is 14.2 Å². The lowest BCUT2D eigenvalue weighted by Gasteiger charge is -2.26. The molecule has 2 rings (SSSR count). The van der Waals surface area contributed by atoms with Crippen LogP contribution >= 0.6 is 0 Å². The zero-order chi connectivity index (χ0) is 15.0. The molecule has 0 saturated heterocycles. The average Bonchev–Trinajstić information content (AvgIpc) is 2.75. The third kappa shape index (κ3) is 2.41. The van der Waals surface area contributed by atoms with Gasteiger partial charge in [0.2, 0.25) is 0 Å². The molecule has 0 heterocycles. The molecular weight excluding hydrogens is 270 g/mol. The summed E-state index contributed by atoms with van der Waals surface area (Å²) in [5.74, 6) is 1.44. The highest BCUT2D eigenvalue weighted by Crippen LogP contribution is 2.48. The van der Waals surface area contributed by atoms with Gasteiger partial charge in [0.25, 0.3) is 0 Å². The minimum atomic E-state index is -1.82. The number of nitrogens with zero attached hydrogens (tertiary/aromatic N) is 1. The van der Waals surface area contributed by atoms with Gasteiger partial charge in [0.05, 0.1) is 26.2 Å². The molecule has 0 bridgehead atoms. The lowest BCUT2D eigenvalue weighted by Crippen LogP contribution is -2.37. The van der Waals surface area contributed by atoms with E-state index in [1.54, 1.807) is 14.2 Å². The molecule has 0 aromatic heterocycles. The van der Waals surface area contributed by atoms with E-state index in [0.717, 1.165) is 23.3 Å². The van der Waals surface area contributed by atoms with E-state index in [1.165, 1.54) is 0 Å². The van der Waals surface area contributed by atoms with Gasteiger partial charge in [0.15, 0.2) is 19.8 Å². The standard InChI is InChI=1S/C15H21NO3Si/c1-16-15(19-20(4,5)6)10-9-11-12(15)7-8-13(17-2)14(11)18-3/h7-8H,9-10H2,2-6H3. The second-order valence-corrected chi connectivity index (χ2v) is 10.4. The number of hydrogen-bond acceptors (Lipinski definition) is 3. The highest BCUT2D eigenvalue weighted by molar-refractivity contribution is 6.69. The van der Waals surface area contributed by atoms with Crippen molar-refractivity contribution in [3.63, 3.8) is 0 Å². The molecular formula is C15H21NO3Si. The van der Waals surface area contributed by atoms with Crippen LogP contribution in [0.2, 0.25) is 19.6 Å². The number of fused-ring (bicyclic) bond motifs is 1. The van der Waals surface area contributed by atoms with Crippen molar-refractivity contribution in [2.24, 2.45) is 0 Å². The van der Waals surface area contributed by atoms with Crippen LogP contribution in [0.1, 0.15) is 17.5 Å². The lowest BCUT2D eigenvalue weighted by atomic mass is 10.0. The summed E-state index contributed by atoms with van der Waals surface area (Å²) in [6, 6.07) is 3.80. The molecule has 4 nitrogen and oxygen atoms in total. The van der Waals surface area contributed by atoms with E-state index in [4.69, 9.17) is 20.5 Å². The molecule has 0 aliphatic heterocycles. The van der Waals surface area contributed by atoms with Gasteiger partial charge in [-0.25, -0.2) is 6.57 Å². The van der Waals surface area contributed by atoms with Gasteiger partial charge < -0.3 is 13.9 Å². The number of hydrogen-bond donors (Lipinski definition) is 0.